The molecule has 0 spiro atoms. The molecule has 154 valence electrons. The van der Waals surface area contributed by atoms with Crippen molar-refractivity contribution in [2.75, 3.05) is 24.4 Å². The first kappa shape index (κ1) is 23.9. The van der Waals surface area contributed by atoms with E-state index in [0.717, 1.165) is 5.56 Å². The minimum Gasteiger partial charge on any atom is -0.354 e. The quantitative estimate of drug-likeness (QED) is 0.647. The molecule has 2 N–H and O–H groups in total. The molecule has 0 aliphatic carbocycles. The van der Waals surface area contributed by atoms with Crippen LogP contribution in [0.4, 0.5) is 5.69 Å². The van der Waals surface area contributed by atoms with E-state index >= 15 is 0 Å². The number of nitrogens with one attached hydrogen (secondary N) is 2. The van der Waals surface area contributed by atoms with Crippen molar-refractivity contribution in [3.63, 3.8) is 0 Å². The molecule has 1 unspecified atom stereocenters. The second-order valence-electron chi connectivity index (χ2n) is 6.47. The number of halogens is 1. The number of aryl methyl sites for hydroxylation is 1. The number of amides is 1. The van der Waals surface area contributed by atoms with Crippen LogP contribution >= 0.6 is 12.4 Å². The van der Waals surface area contributed by atoms with Gasteiger partial charge in [0, 0.05) is 25.6 Å². The molecule has 0 heterocycles. The molecular weight excluding hydrogens is 398 g/mol. The van der Waals surface area contributed by atoms with Crippen molar-refractivity contribution >= 4 is 34.0 Å². The summed E-state index contributed by atoms with van der Waals surface area (Å²) in [6, 6.07) is 15.7. The summed E-state index contributed by atoms with van der Waals surface area (Å²) in [5.41, 5.74) is 1.52. The van der Waals surface area contributed by atoms with Crippen LogP contribution in [0.1, 0.15) is 18.9 Å². The fraction of sp³-hybridized carbons (Fsp3) is 0.350. The van der Waals surface area contributed by atoms with E-state index in [1.54, 1.807) is 48.5 Å². The molecule has 0 saturated heterocycles. The highest BCUT2D eigenvalue weighted by Crippen LogP contribution is 2.24. The van der Waals surface area contributed by atoms with Crippen LogP contribution in [0.2, 0.25) is 0 Å². The van der Waals surface area contributed by atoms with Gasteiger partial charge in [0.1, 0.15) is 0 Å². The fourth-order valence-electron chi connectivity index (χ4n) is 2.48. The molecule has 2 aromatic carbocycles. The number of rotatable bonds is 9. The summed E-state index contributed by atoms with van der Waals surface area (Å²) in [5, 5.41) is 5.86. The third-order valence-corrected chi connectivity index (χ3v) is 6.13. The highest BCUT2D eigenvalue weighted by molar-refractivity contribution is 7.92. The number of carbonyl (C=O) groups is 1. The summed E-state index contributed by atoms with van der Waals surface area (Å²) in [6.07, 6.45) is 0.0798. The number of carbonyl (C=O) groups excluding carboxylic acids is 1. The predicted molar refractivity (Wildman–Crippen MR) is 116 cm³/mol. The van der Waals surface area contributed by atoms with Crippen molar-refractivity contribution < 1.29 is 13.2 Å². The highest BCUT2D eigenvalue weighted by atomic mass is 35.5. The van der Waals surface area contributed by atoms with E-state index < -0.39 is 10.0 Å². The zero-order valence-electron chi connectivity index (χ0n) is 16.4. The molecule has 0 bridgehead atoms. The normalized spacial score (nSPS) is 12.0. The van der Waals surface area contributed by atoms with Gasteiger partial charge in [-0.3, -0.25) is 9.10 Å². The van der Waals surface area contributed by atoms with E-state index in [2.05, 4.69) is 10.6 Å². The molecular formula is C20H28ClN3O3S. The van der Waals surface area contributed by atoms with E-state index in [0.29, 0.717) is 12.2 Å². The molecule has 1 amide bonds. The van der Waals surface area contributed by atoms with Crippen molar-refractivity contribution in [1.82, 2.24) is 10.6 Å². The number of likely N-dealkylation sites (N-methyl/N-ethyl adjacent to an activating group) is 1. The standard InChI is InChI=1S/C20H27N3O3S.ClH/c1-16-9-11-19(12-10-16)27(25,26)23(18-7-5-4-6-8-18)14-13-20(24)22-15-17(2)21-3;/h4-12,17,21H,13-15H2,1-3H3,(H,22,24);1H. The Hall–Kier alpha value is -2.09. The number of para-hydroxylation sites is 1. The van der Waals surface area contributed by atoms with Gasteiger partial charge in [-0.2, -0.15) is 0 Å². The Morgan fingerprint density at radius 1 is 1.07 bits per heavy atom. The van der Waals surface area contributed by atoms with Gasteiger partial charge in [-0.05, 0) is 45.2 Å². The van der Waals surface area contributed by atoms with Crippen LogP contribution in [0.5, 0.6) is 0 Å². The number of anilines is 1. The van der Waals surface area contributed by atoms with Crippen LogP contribution in [0.25, 0.3) is 0 Å². The molecule has 0 saturated carbocycles. The average molecular weight is 426 g/mol. The maximum absolute atomic E-state index is 13.2. The number of benzene rings is 2. The van der Waals surface area contributed by atoms with Gasteiger partial charge in [0.25, 0.3) is 10.0 Å². The van der Waals surface area contributed by atoms with Gasteiger partial charge in [-0.1, -0.05) is 35.9 Å². The topological polar surface area (TPSA) is 78.5 Å². The maximum Gasteiger partial charge on any atom is 0.264 e. The molecule has 2 aromatic rings. The number of hydrogen-bond acceptors (Lipinski definition) is 4. The first-order chi connectivity index (χ1) is 12.8. The van der Waals surface area contributed by atoms with Crippen LogP contribution in [0.3, 0.4) is 0 Å². The van der Waals surface area contributed by atoms with Gasteiger partial charge in [-0.15, -0.1) is 12.4 Å². The number of hydrogen-bond donors (Lipinski definition) is 2. The van der Waals surface area contributed by atoms with Crippen LogP contribution in [-0.4, -0.2) is 40.5 Å². The lowest BCUT2D eigenvalue weighted by Gasteiger charge is -2.24. The van der Waals surface area contributed by atoms with Gasteiger partial charge in [0.05, 0.1) is 10.6 Å². The first-order valence-corrected chi connectivity index (χ1v) is 10.4. The van der Waals surface area contributed by atoms with Gasteiger partial charge in [0.15, 0.2) is 0 Å². The minimum atomic E-state index is -3.76. The van der Waals surface area contributed by atoms with Crippen molar-refractivity contribution in [2.45, 2.75) is 31.2 Å². The van der Waals surface area contributed by atoms with Crippen LogP contribution in [-0.2, 0) is 14.8 Å². The van der Waals surface area contributed by atoms with Gasteiger partial charge < -0.3 is 10.6 Å². The molecule has 6 nitrogen and oxygen atoms in total. The third-order valence-electron chi connectivity index (χ3n) is 4.29. The SMILES string of the molecule is CNC(C)CNC(=O)CCN(c1ccccc1)S(=O)(=O)c1ccc(C)cc1.Cl. The Morgan fingerprint density at radius 2 is 1.68 bits per heavy atom. The Morgan fingerprint density at radius 3 is 2.25 bits per heavy atom. The molecule has 0 aliphatic heterocycles. The summed E-state index contributed by atoms with van der Waals surface area (Å²) in [6.45, 7) is 4.42. The second-order valence-corrected chi connectivity index (χ2v) is 8.33. The summed E-state index contributed by atoms with van der Waals surface area (Å²) < 4.78 is 27.6. The molecule has 0 radical (unpaired) electrons. The van der Waals surface area contributed by atoms with Crippen LogP contribution < -0.4 is 14.9 Å². The number of nitrogens with zero attached hydrogens (tertiary/aromatic N) is 1. The van der Waals surface area contributed by atoms with E-state index in [-0.39, 0.29) is 42.2 Å². The zero-order valence-corrected chi connectivity index (χ0v) is 18.0. The zero-order chi connectivity index (χ0) is 19.9. The fourth-order valence-corrected chi connectivity index (χ4v) is 3.95. The molecule has 0 fully saturated rings. The lowest BCUT2D eigenvalue weighted by atomic mass is 10.2. The van der Waals surface area contributed by atoms with E-state index in [4.69, 9.17) is 0 Å². The Bertz CT molecular complexity index is 843. The van der Waals surface area contributed by atoms with E-state index in [9.17, 15) is 13.2 Å². The monoisotopic (exact) mass is 425 g/mol. The lowest BCUT2D eigenvalue weighted by Crippen LogP contribution is -2.39. The molecule has 0 aliphatic rings. The Kier molecular flexibility index (Phi) is 9.45. The van der Waals surface area contributed by atoms with Crippen molar-refractivity contribution in [2.24, 2.45) is 0 Å². The molecule has 28 heavy (non-hydrogen) atoms. The predicted octanol–water partition coefficient (Wildman–Crippen LogP) is 2.73. The molecule has 0 aromatic heterocycles. The minimum absolute atomic E-state index is 0. The largest absolute Gasteiger partial charge is 0.354 e. The lowest BCUT2D eigenvalue weighted by molar-refractivity contribution is -0.120. The van der Waals surface area contributed by atoms with Crippen LogP contribution in [0.15, 0.2) is 59.5 Å². The first-order valence-electron chi connectivity index (χ1n) is 8.93. The number of sulfonamides is 1. The highest BCUT2D eigenvalue weighted by Gasteiger charge is 2.25. The van der Waals surface area contributed by atoms with E-state index in [1.807, 2.05) is 27.0 Å². The van der Waals surface area contributed by atoms with Gasteiger partial charge in [0.2, 0.25) is 5.91 Å². The second kappa shape index (κ2) is 11.0. The van der Waals surface area contributed by atoms with Gasteiger partial charge >= 0.3 is 0 Å². The average Bonchev–Trinajstić information content (AvgIpc) is 2.67. The molecule has 1 atom stereocenters. The van der Waals surface area contributed by atoms with E-state index in [1.165, 1.54) is 4.31 Å². The summed E-state index contributed by atoms with van der Waals surface area (Å²) in [5.74, 6) is -0.183. The van der Waals surface area contributed by atoms with Gasteiger partial charge in [-0.25, -0.2) is 8.42 Å². The smallest absolute Gasteiger partial charge is 0.264 e. The summed E-state index contributed by atoms with van der Waals surface area (Å²) >= 11 is 0. The Labute approximate surface area is 173 Å². The summed E-state index contributed by atoms with van der Waals surface area (Å²) in [4.78, 5) is 12.4. The molecule has 2 rings (SSSR count). The Balaban J connectivity index is 0.00000392. The van der Waals surface area contributed by atoms with Crippen molar-refractivity contribution in [1.29, 1.82) is 0 Å². The van der Waals surface area contributed by atoms with Crippen molar-refractivity contribution in [3.8, 4) is 0 Å². The van der Waals surface area contributed by atoms with Crippen molar-refractivity contribution in [3.05, 3.63) is 60.2 Å². The molecule has 8 heteroatoms. The summed E-state index contributed by atoms with van der Waals surface area (Å²) in [7, 11) is -1.94. The third kappa shape index (κ3) is 6.51. The maximum atomic E-state index is 13.2. The van der Waals surface area contributed by atoms with Crippen LogP contribution in [0, 0.1) is 6.92 Å².